The fourth-order valence-electron chi connectivity index (χ4n) is 1.97. The highest BCUT2D eigenvalue weighted by molar-refractivity contribution is 5.77. The Labute approximate surface area is 105 Å². The number of nitrogens with zero attached hydrogens (tertiary/aromatic N) is 3. The number of hydrogen-bond donors (Lipinski definition) is 1. The number of para-hydroxylation sites is 1. The first-order valence-electron chi connectivity index (χ1n) is 5.92. The predicted molar refractivity (Wildman–Crippen MR) is 72.3 cm³/mol. The largest absolute Gasteiger partial charge is 0.366 e. The second kappa shape index (κ2) is 4.49. The average molecular weight is 238 g/mol. The molecule has 0 amide bonds. The molecule has 0 saturated heterocycles. The number of aromatic nitrogens is 3. The van der Waals surface area contributed by atoms with Crippen LogP contribution < -0.4 is 5.32 Å². The molecule has 0 aliphatic rings. The molecule has 4 heteroatoms. The van der Waals surface area contributed by atoms with Gasteiger partial charge in [0.25, 0.3) is 0 Å². The highest BCUT2D eigenvalue weighted by Crippen LogP contribution is 2.15. The van der Waals surface area contributed by atoms with E-state index in [4.69, 9.17) is 0 Å². The van der Waals surface area contributed by atoms with Gasteiger partial charge in [0, 0.05) is 5.69 Å². The molecule has 0 aliphatic heterocycles. The smallest absolute Gasteiger partial charge is 0.116 e. The Balaban J connectivity index is 1.85. The van der Waals surface area contributed by atoms with Crippen LogP contribution in [0.3, 0.4) is 0 Å². The molecule has 0 atom stereocenters. The second-order valence-electron chi connectivity index (χ2n) is 4.23. The van der Waals surface area contributed by atoms with Crippen LogP contribution in [0.1, 0.15) is 5.56 Å². The quantitative estimate of drug-likeness (QED) is 0.763. The van der Waals surface area contributed by atoms with Gasteiger partial charge in [-0.3, -0.25) is 0 Å². The molecule has 4 nitrogen and oxygen atoms in total. The van der Waals surface area contributed by atoms with Crippen molar-refractivity contribution in [3.8, 4) is 0 Å². The van der Waals surface area contributed by atoms with Crippen LogP contribution in [0.25, 0.3) is 11.0 Å². The standard InChI is InChI=1S/C14H14N4/c1-11-6-5-9-13-14(11)16-17-18(13)10-15-12-7-3-2-4-8-12/h2-9,15H,10H2,1H3. The van der Waals surface area contributed by atoms with Gasteiger partial charge in [-0.25, -0.2) is 4.68 Å². The van der Waals surface area contributed by atoms with Crippen LogP contribution in [0.2, 0.25) is 0 Å². The first-order chi connectivity index (χ1) is 8.84. The molecule has 3 aromatic rings. The van der Waals surface area contributed by atoms with Gasteiger partial charge in [0.2, 0.25) is 0 Å². The molecule has 0 fully saturated rings. The lowest BCUT2D eigenvalue weighted by molar-refractivity contribution is 0.655. The minimum absolute atomic E-state index is 0.615. The Hall–Kier alpha value is -2.36. The molecule has 2 aromatic carbocycles. The number of benzene rings is 2. The maximum Gasteiger partial charge on any atom is 0.116 e. The monoisotopic (exact) mass is 238 g/mol. The minimum atomic E-state index is 0.615. The van der Waals surface area contributed by atoms with Crippen molar-refractivity contribution in [3.63, 3.8) is 0 Å². The topological polar surface area (TPSA) is 42.7 Å². The van der Waals surface area contributed by atoms with E-state index >= 15 is 0 Å². The van der Waals surface area contributed by atoms with Crippen LogP contribution >= 0.6 is 0 Å². The predicted octanol–water partition coefficient (Wildman–Crippen LogP) is 2.81. The van der Waals surface area contributed by atoms with Crippen molar-refractivity contribution < 1.29 is 0 Å². The lowest BCUT2D eigenvalue weighted by Gasteiger charge is -2.06. The van der Waals surface area contributed by atoms with Crippen molar-refractivity contribution in [3.05, 3.63) is 54.1 Å². The molecular formula is C14H14N4. The summed E-state index contributed by atoms with van der Waals surface area (Å²) in [4.78, 5) is 0. The highest BCUT2D eigenvalue weighted by atomic mass is 15.4. The summed E-state index contributed by atoms with van der Waals surface area (Å²) >= 11 is 0. The highest BCUT2D eigenvalue weighted by Gasteiger charge is 2.05. The van der Waals surface area contributed by atoms with E-state index in [2.05, 4.69) is 15.6 Å². The lowest BCUT2D eigenvalue weighted by Crippen LogP contribution is -2.09. The van der Waals surface area contributed by atoms with Gasteiger partial charge in [-0.1, -0.05) is 35.5 Å². The molecule has 0 spiro atoms. The summed E-state index contributed by atoms with van der Waals surface area (Å²) in [5.41, 5.74) is 4.25. The van der Waals surface area contributed by atoms with Gasteiger partial charge < -0.3 is 5.32 Å². The van der Waals surface area contributed by atoms with Crippen molar-refractivity contribution in [1.29, 1.82) is 0 Å². The Morgan fingerprint density at radius 2 is 1.89 bits per heavy atom. The molecule has 0 bridgehead atoms. The van der Waals surface area contributed by atoms with Gasteiger partial charge in [0.05, 0.1) is 5.52 Å². The van der Waals surface area contributed by atoms with Crippen LogP contribution in [-0.2, 0) is 6.67 Å². The molecule has 0 saturated carbocycles. The van der Waals surface area contributed by atoms with Gasteiger partial charge in [-0.2, -0.15) is 0 Å². The molecular weight excluding hydrogens is 224 g/mol. The van der Waals surface area contributed by atoms with E-state index in [0.717, 1.165) is 22.3 Å². The molecule has 18 heavy (non-hydrogen) atoms. The zero-order valence-electron chi connectivity index (χ0n) is 10.2. The van der Waals surface area contributed by atoms with E-state index in [0.29, 0.717) is 6.67 Å². The number of hydrogen-bond acceptors (Lipinski definition) is 3. The number of anilines is 1. The van der Waals surface area contributed by atoms with Crippen molar-refractivity contribution in [2.75, 3.05) is 5.32 Å². The zero-order chi connectivity index (χ0) is 12.4. The molecule has 1 N–H and O–H groups in total. The van der Waals surface area contributed by atoms with Gasteiger partial charge in [-0.15, -0.1) is 5.10 Å². The van der Waals surface area contributed by atoms with E-state index in [1.807, 2.05) is 60.1 Å². The van der Waals surface area contributed by atoms with Crippen molar-refractivity contribution in [1.82, 2.24) is 15.0 Å². The van der Waals surface area contributed by atoms with Crippen LogP contribution in [0.5, 0.6) is 0 Å². The summed E-state index contributed by atoms with van der Waals surface area (Å²) in [7, 11) is 0. The summed E-state index contributed by atoms with van der Waals surface area (Å²) in [5, 5.41) is 11.7. The van der Waals surface area contributed by atoms with E-state index in [-0.39, 0.29) is 0 Å². The zero-order valence-corrected chi connectivity index (χ0v) is 10.2. The summed E-state index contributed by atoms with van der Waals surface area (Å²) in [6, 6.07) is 16.2. The number of nitrogens with one attached hydrogen (secondary N) is 1. The summed E-state index contributed by atoms with van der Waals surface area (Å²) in [6.07, 6.45) is 0. The summed E-state index contributed by atoms with van der Waals surface area (Å²) in [6.45, 7) is 2.66. The number of aryl methyl sites for hydroxylation is 1. The normalized spacial score (nSPS) is 10.7. The maximum absolute atomic E-state index is 4.20. The van der Waals surface area contributed by atoms with Crippen molar-refractivity contribution in [2.45, 2.75) is 13.6 Å². The molecule has 90 valence electrons. The SMILES string of the molecule is Cc1cccc2c1nnn2CNc1ccccc1. The summed E-state index contributed by atoms with van der Waals surface area (Å²) < 4.78 is 1.87. The van der Waals surface area contributed by atoms with Gasteiger partial charge in [0.15, 0.2) is 0 Å². The van der Waals surface area contributed by atoms with E-state index in [9.17, 15) is 0 Å². The van der Waals surface area contributed by atoms with Gasteiger partial charge in [0.1, 0.15) is 12.2 Å². The Morgan fingerprint density at radius 3 is 2.72 bits per heavy atom. The molecule has 0 unspecified atom stereocenters. The first kappa shape index (κ1) is 10.8. The third-order valence-corrected chi connectivity index (χ3v) is 2.95. The number of rotatable bonds is 3. The Kier molecular flexibility index (Phi) is 2.68. The number of fused-ring (bicyclic) bond motifs is 1. The van der Waals surface area contributed by atoms with Crippen molar-refractivity contribution in [2.24, 2.45) is 0 Å². The Morgan fingerprint density at radius 1 is 1.06 bits per heavy atom. The van der Waals surface area contributed by atoms with E-state index in [1.54, 1.807) is 0 Å². The van der Waals surface area contributed by atoms with Gasteiger partial charge >= 0.3 is 0 Å². The van der Waals surface area contributed by atoms with Crippen molar-refractivity contribution >= 4 is 16.7 Å². The third-order valence-electron chi connectivity index (χ3n) is 2.95. The lowest BCUT2D eigenvalue weighted by atomic mass is 10.2. The van der Waals surface area contributed by atoms with Crippen LogP contribution in [0, 0.1) is 6.92 Å². The van der Waals surface area contributed by atoms with Crippen LogP contribution in [0.4, 0.5) is 5.69 Å². The molecule has 3 rings (SSSR count). The Bertz CT molecular complexity index is 658. The third kappa shape index (κ3) is 1.93. The second-order valence-corrected chi connectivity index (χ2v) is 4.23. The van der Waals surface area contributed by atoms with E-state index in [1.165, 1.54) is 0 Å². The van der Waals surface area contributed by atoms with Gasteiger partial charge in [-0.05, 0) is 30.7 Å². The van der Waals surface area contributed by atoms with Crippen LogP contribution in [0.15, 0.2) is 48.5 Å². The van der Waals surface area contributed by atoms with Crippen LogP contribution in [-0.4, -0.2) is 15.0 Å². The minimum Gasteiger partial charge on any atom is -0.366 e. The molecule has 0 radical (unpaired) electrons. The molecule has 1 heterocycles. The van der Waals surface area contributed by atoms with E-state index < -0.39 is 0 Å². The fraction of sp³-hybridized carbons (Fsp3) is 0.143. The molecule has 0 aliphatic carbocycles. The molecule has 1 aromatic heterocycles. The first-order valence-corrected chi connectivity index (χ1v) is 5.92. The average Bonchev–Trinajstić information content (AvgIpc) is 2.82. The summed E-state index contributed by atoms with van der Waals surface area (Å²) in [5.74, 6) is 0. The fourth-order valence-corrected chi connectivity index (χ4v) is 1.97. The maximum atomic E-state index is 4.20.